The van der Waals surface area contributed by atoms with E-state index < -0.39 is 0 Å². The van der Waals surface area contributed by atoms with E-state index >= 15 is 0 Å². The molecule has 0 aromatic rings. The lowest BCUT2D eigenvalue weighted by Crippen LogP contribution is -2.38. The normalized spacial score (nSPS) is 34.8. The summed E-state index contributed by atoms with van der Waals surface area (Å²) in [6, 6.07) is 0.621. The average Bonchev–Trinajstić information content (AvgIpc) is 1.88. The van der Waals surface area contributed by atoms with Gasteiger partial charge < -0.3 is 4.90 Å². The molecule has 0 amide bonds. The van der Waals surface area contributed by atoms with Crippen LogP contribution < -0.4 is 0 Å². The maximum atomic E-state index is 6.14. The Morgan fingerprint density at radius 3 is 2.20 bits per heavy atom. The zero-order valence-electron chi connectivity index (χ0n) is 6.81. The molecule has 1 saturated carbocycles. The lowest BCUT2D eigenvalue weighted by molar-refractivity contribution is 0.233. The van der Waals surface area contributed by atoms with Gasteiger partial charge in [0.1, 0.15) is 0 Å². The van der Waals surface area contributed by atoms with Gasteiger partial charge in [0.05, 0.1) is 0 Å². The van der Waals surface area contributed by atoms with E-state index in [4.69, 9.17) is 11.6 Å². The first-order valence-corrected chi connectivity index (χ1v) is 4.46. The molecule has 2 heteroatoms. The molecule has 0 aromatic heterocycles. The lowest BCUT2D eigenvalue weighted by atomic mass is 9.94. The van der Waals surface area contributed by atoms with Gasteiger partial charge in [-0.15, -0.1) is 11.6 Å². The van der Waals surface area contributed by atoms with Crippen molar-refractivity contribution in [1.82, 2.24) is 4.90 Å². The van der Waals surface area contributed by atoms with E-state index in [0.717, 1.165) is 0 Å². The molecule has 0 aliphatic heterocycles. The summed E-state index contributed by atoms with van der Waals surface area (Å²) < 4.78 is 0. The fourth-order valence-electron chi connectivity index (χ4n) is 1.65. The van der Waals surface area contributed by atoms with Crippen molar-refractivity contribution in [3.63, 3.8) is 0 Å². The summed E-state index contributed by atoms with van der Waals surface area (Å²) in [6.07, 6.45) is 5.15. The molecule has 1 aliphatic carbocycles. The SMILES string of the molecule is CN(C)C1CCCCC1Cl. The van der Waals surface area contributed by atoms with Gasteiger partial charge >= 0.3 is 0 Å². The van der Waals surface area contributed by atoms with E-state index in [9.17, 15) is 0 Å². The number of nitrogens with zero attached hydrogens (tertiary/aromatic N) is 1. The van der Waals surface area contributed by atoms with Crippen LogP contribution in [0.15, 0.2) is 0 Å². The molecule has 1 nitrogen and oxygen atoms in total. The molecule has 60 valence electrons. The summed E-state index contributed by atoms with van der Waals surface area (Å²) >= 11 is 6.14. The molecule has 0 aromatic carbocycles. The first-order valence-electron chi connectivity index (χ1n) is 4.02. The van der Waals surface area contributed by atoms with E-state index in [1.54, 1.807) is 0 Å². The number of hydrogen-bond acceptors (Lipinski definition) is 1. The van der Waals surface area contributed by atoms with E-state index in [1.807, 2.05) is 0 Å². The minimum Gasteiger partial charge on any atom is -0.305 e. The molecule has 10 heavy (non-hydrogen) atoms. The van der Waals surface area contributed by atoms with Crippen LogP contribution in [-0.2, 0) is 0 Å². The van der Waals surface area contributed by atoms with Crippen molar-refractivity contribution in [2.24, 2.45) is 0 Å². The van der Waals surface area contributed by atoms with Gasteiger partial charge in [-0.3, -0.25) is 0 Å². The van der Waals surface area contributed by atoms with Gasteiger partial charge in [0, 0.05) is 11.4 Å². The molecule has 2 atom stereocenters. The first-order chi connectivity index (χ1) is 4.72. The summed E-state index contributed by atoms with van der Waals surface area (Å²) in [4.78, 5) is 2.25. The Hall–Kier alpha value is 0.250. The van der Waals surface area contributed by atoms with Crippen molar-refractivity contribution >= 4 is 11.6 Å². The van der Waals surface area contributed by atoms with Crippen LogP contribution in [0.3, 0.4) is 0 Å². The third kappa shape index (κ3) is 1.86. The second-order valence-electron chi connectivity index (χ2n) is 3.33. The molecule has 1 rings (SSSR count). The van der Waals surface area contributed by atoms with Crippen LogP contribution in [0, 0.1) is 0 Å². The van der Waals surface area contributed by atoms with Crippen LogP contribution in [0.2, 0.25) is 0 Å². The molecule has 0 saturated heterocycles. The Labute approximate surface area is 68.4 Å². The van der Waals surface area contributed by atoms with Crippen LogP contribution >= 0.6 is 11.6 Å². The zero-order valence-corrected chi connectivity index (χ0v) is 7.56. The zero-order chi connectivity index (χ0) is 7.56. The summed E-state index contributed by atoms with van der Waals surface area (Å²) in [5.74, 6) is 0. The highest BCUT2D eigenvalue weighted by Crippen LogP contribution is 2.25. The predicted octanol–water partition coefficient (Wildman–Crippen LogP) is 2.10. The van der Waals surface area contributed by atoms with Crippen molar-refractivity contribution in [3.05, 3.63) is 0 Å². The highest BCUT2D eigenvalue weighted by molar-refractivity contribution is 6.21. The Morgan fingerprint density at radius 2 is 1.80 bits per heavy atom. The third-order valence-corrected chi connectivity index (χ3v) is 2.82. The molecule has 0 heterocycles. The van der Waals surface area contributed by atoms with E-state index in [1.165, 1.54) is 25.7 Å². The second-order valence-corrected chi connectivity index (χ2v) is 3.89. The van der Waals surface area contributed by atoms with Gasteiger partial charge in [0.2, 0.25) is 0 Å². The molecule has 0 radical (unpaired) electrons. The minimum atomic E-state index is 0.392. The number of halogens is 1. The summed E-state index contributed by atoms with van der Waals surface area (Å²) in [6.45, 7) is 0. The molecule has 1 fully saturated rings. The molecule has 1 aliphatic rings. The predicted molar refractivity (Wildman–Crippen MR) is 45.6 cm³/mol. The van der Waals surface area contributed by atoms with Gasteiger partial charge in [-0.1, -0.05) is 12.8 Å². The van der Waals surface area contributed by atoms with Crippen molar-refractivity contribution < 1.29 is 0 Å². The third-order valence-electron chi connectivity index (χ3n) is 2.31. The highest BCUT2D eigenvalue weighted by atomic mass is 35.5. The molecule has 0 spiro atoms. The summed E-state index contributed by atoms with van der Waals surface area (Å²) in [5.41, 5.74) is 0. The van der Waals surface area contributed by atoms with E-state index in [2.05, 4.69) is 19.0 Å². The van der Waals surface area contributed by atoms with Gasteiger partial charge in [-0.05, 0) is 26.9 Å². The highest BCUT2D eigenvalue weighted by Gasteiger charge is 2.24. The van der Waals surface area contributed by atoms with Gasteiger partial charge in [0.25, 0.3) is 0 Å². The lowest BCUT2D eigenvalue weighted by Gasteiger charge is -2.32. The van der Waals surface area contributed by atoms with Gasteiger partial charge in [-0.2, -0.15) is 0 Å². The van der Waals surface area contributed by atoms with Crippen LogP contribution in [0.1, 0.15) is 25.7 Å². The second kappa shape index (κ2) is 3.59. The van der Waals surface area contributed by atoms with E-state index in [0.29, 0.717) is 11.4 Å². The first kappa shape index (κ1) is 8.35. The van der Waals surface area contributed by atoms with Crippen LogP contribution in [0.4, 0.5) is 0 Å². The minimum absolute atomic E-state index is 0.392. The Kier molecular flexibility index (Phi) is 2.99. The maximum absolute atomic E-state index is 6.14. The number of alkyl halides is 1. The summed E-state index contributed by atoms with van der Waals surface area (Å²) in [7, 11) is 4.23. The molecule has 0 bridgehead atoms. The monoisotopic (exact) mass is 161 g/mol. The molecule has 0 N–H and O–H groups in total. The van der Waals surface area contributed by atoms with Gasteiger partial charge in [0.15, 0.2) is 0 Å². The topological polar surface area (TPSA) is 3.24 Å². The number of rotatable bonds is 1. The Morgan fingerprint density at radius 1 is 1.20 bits per heavy atom. The van der Waals surface area contributed by atoms with Gasteiger partial charge in [-0.25, -0.2) is 0 Å². The van der Waals surface area contributed by atoms with E-state index in [-0.39, 0.29) is 0 Å². The average molecular weight is 162 g/mol. The van der Waals surface area contributed by atoms with Crippen molar-refractivity contribution in [2.45, 2.75) is 37.1 Å². The van der Waals surface area contributed by atoms with Crippen LogP contribution in [0.25, 0.3) is 0 Å². The maximum Gasteiger partial charge on any atom is 0.0491 e. The smallest absolute Gasteiger partial charge is 0.0491 e. The fourth-order valence-corrected chi connectivity index (χ4v) is 2.15. The Bertz CT molecular complexity index is 103. The van der Waals surface area contributed by atoms with Crippen molar-refractivity contribution in [3.8, 4) is 0 Å². The molecular weight excluding hydrogens is 146 g/mol. The molecular formula is C8H16ClN. The molecule has 2 unspecified atom stereocenters. The van der Waals surface area contributed by atoms with Crippen molar-refractivity contribution in [2.75, 3.05) is 14.1 Å². The Balaban J connectivity index is 2.40. The van der Waals surface area contributed by atoms with Crippen LogP contribution in [0.5, 0.6) is 0 Å². The standard InChI is InChI=1S/C8H16ClN/c1-10(2)8-6-4-3-5-7(8)9/h7-8H,3-6H2,1-2H3. The summed E-state index contributed by atoms with van der Waals surface area (Å²) in [5, 5.41) is 0.392. The fraction of sp³-hybridized carbons (Fsp3) is 1.00. The number of hydrogen-bond donors (Lipinski definition) is 0. The largest absolute Gasteiger partial charge is 0.305 e. The van der Waals surface area contributed by atoms with Crippen molar-refractivity contribution in [1.29, 1.82) is 0 Å². The van der Waals surface area contributed by atoms with Crippen LogP contribution in [-0.4, -0.2) is 30.4 Å². The quantitative estimate of drug-likeness (QED) is 0.533.